The molecule has 0 radical (unpaired) electrons. The topological polar surface area (TPSA) is 102 Å². The first-order valence-electron chi connectivity index (χ1n) is 25.1. The van der Waals surface area contributed by atoms with Gasteiger partial charge in [-0.1, -0.05) is 212 Å². The number of benzene rings is 7. The smallest absolute Gasteiger partial charge is 0.222 e. The summed E-state index contributed by atoms with van der Waals surface area (Å²) < 4.78 is 75.6. The Morgan fingerprint density at radius 1 is 0.356 bits per heavy atom. The summed E-state index contributed by atoms with van der Waals surface area (Å²) in [6.07, 6.45) is -5.98. The van der Waals surface area contributed by atoms with Gasteiger partial charge in [0.05, 0.1) is 59.5 Å². The van der Waals surface area contributed by atoms with Gasteiger partial charge in [-0.15, -0.1) is 0 Å². The van der Waals surface area contributed by atoms with E-state index in [-0.39, 0.29) is 52.9 Å². The summed E-state index contributed by atoms with van der Waals surface area (Å²) in [5, 5.41) is 0. The molecule has 0 saturated carbocycles. The van der Waals surface area contributed by atoms with Crippen molar-refractivity contribution in [2.75, 3.05) is 26.9 Å². The molecule has 0 aliphatic carbocycles. The van der Waals surface area contributed by atoms with Crippen LogP contribution in [-0.4, -0.2) is 81.7 Å². The highest BCUT2D eigenvalue weighted by Gasteiger charge is 2.59. The number of hydrogen-bond donors (Lipinski definition) is 0. The molecule has 2 saturated heterocycles. The third-order valence-corrected chi connectivity index (χ3v) is 13.0. The van der Waals surface area contributed by atoms with Crippen molar-refractivity contribution >= 4 is 0 Å². The Morgan fingerprint density at radius 3 is 1.14 bits per heavy atom. The van der Waals surface area contributed by atoms with Gasteiger partial charge in [0.25, 0.3) is 0 Å². The van der Waals surface area contributed by atoms with E-state index < -0.39 is 54.8 Å². The normalized spacial score (nSPS) is 23.8. The van der Waals surface area contributed by atoms with Crippen molar-refractivity contribution in [3.05, 3.63) is 251 Å². The Labute approximate surface area is 429 Å². The molecule has 0 bridgehead atoms. The molecule has 0 amide bonds. The Bertz CT molecular complexity index is 2580. The predicted molar refractivity (Wildman–Crippen MR) is 277 cm³/mol. The van der Waals surface area contributed by atoms with Crippen LogP contribution in [0.25, 0.3) is 0 Å². The summed E-state index contributed by atoms with van der Waals surface area (Å²) in [7, 11) is 1.61. The summed E-state index contributed by atoms with van der Waals surface area (Å²) in [4.78, 5) is 0. The Morgan fingerprint density at radius 2 is 0.712 bits per heavy atom. The molecule has 11 heteroatoms. The van der Waals surface area contributed by atoms with Gasteiger partial charge < -0.3 is 52.1 Å². The summed E-state index contributed by atoms with van der Waals surface area (Å²) in [6, 6.07) is 70.3. The zero-order valence-electron chi connectivity index (χ0n) is 41.4. The standard InChI is InChI=1S/C62H66O11/c1-63-61-59(69-42-52-33-19-7-20-34-52)58(68-41-51-31-17-6-18-32-51)56(66-39-49-27-13-4-14-28-49)54(72-61)45-71-62(46-65-38-48-25-11-3-12-26-48)60(70-43-53-35-21-8-22-36-53)57(67-40-50-29-15-5-16-30-50)55(73-62)44-64-37-47-23-9-2-10-24-47/h2-36,54-61H,37-46H2,1H3/t54-,55-,56-,57-,58+,59+,60+,61+,62+/m1/s1. The molecular weight excluding hydrogens is 921 g/mol. The van der Waals surface area contributed by atoms with Crippen molar-refractivity contribution in [2.45, 2.75) is 101 Å². The van der Waals surface area contributed by atoms with E-state index in [0.29, 0.717) is 13.2 Å². The predicted octanol–water partition coefficient (Wildman–Crippen LogP) is 10.8. The van der Waals surface area contributed by atoms with Gasteiger partial charge in [0.2, 0.25) is 5.79 Å². The second kappa shape index (κ2) is 27.4. The molecule has 2 heterocycles. The minimum Gasteiger partial charge on any atom is -0.374 e. The van der Waals surface area contributed by atoms with Crippen LogP contribution in [0.15, 0.2) is 212 Å². The highest BCUT2D eigenvalue weighted by atomic mass is 16.8. The van der Waals surface area contributed by atoms with Crippen molar-refractivity contribution < 1.29 is 52.1 Å². The lowest BCUT2D eigenvalue weighted by molar-refractivity contribution is -0.345. The van der Waals surface area contributed by atoms with Crippen LogP contribution in [0.5, 0.6) is 0 Å². The van der Waals surface area contributed by atoms with Gasteiger partial charge in [0.1, 0.15) is 49.3 Å². The molecule has 0 unspecified atom stereocenters. The average Bonchev–Trinajstić information content (AvgIpc) is 3.74. The zero-order valence-corrected chi connectivity index (χ0v) is 41.4. The molecule has 380 valence electrons. The van der Waals surface area contributed by atoms with E-state index in [1.54, 1.807) is 7.11 Å². The third-order valence-electron chi connectivity index (χ3n) is 13.0. The molecule has 7 aromatic carbocycles. The molecule has 9 atom stereocenters. The van der Waals surface area contributed by atoms with Crippen LogP contribution in [0.3, 0.4) is 0 Å². The number of methoxy groups -OCH3 is 1. The summed E-state index contributed by atoms with van der Waals surface area (Å²) in [5.74, 6) is -1.57. The lowest BCUT2D eigenvalue weighted by Crippen LogP contribution is -2.62. The monoisotopic (exact) mass is 986 g/mol. The van der Waals surface area contributed by atoms with E-state index in [1.807, 2.05) is 212 Å². The number of ether oxygens (including phenoxy) is 11. The molecule has 2 fully saturated rings. The molecule has 2 aliphatic heterocycles. The molecule has 11 nitrogen and oxygen atoms in total. The summed E-state index contributed by atoms with van der Waals surface area (Å²) in [5.41, 5.74) is 6.97. The number of rotatable bonds is 27. The first-order chi connectivity index (χ1) is 36.1. The highest BCUT2D eigenvalue weighted by Crippen LogP contribution is 2.40. The molecule has 7 aromatic rings. The van der Waals surface area contributed by atoms with E-state index in [2.05, 4.69) is 0 Å². The molecule has 0 spiro atoms. The van der Waals surface area contributed by atoms with E-state index in [0.717, 1.165) is 38.9 Å². The zero-order chi connectivity index (χ0) is 49.8. The largest absolute Gasteiger partial charge is 0.374 e. The SMILES string of the molecule is CO[C@H]1O[C@H](CO[C@@]2(COCc3ccccc3)O[C@H](COCc3ccccc3)[C@@H](OCc3ccccc3)[C@@H]2OCc2ccccc2)[C@@H](OCc2ccccc2)[C@H](OCc2ccccc2)[C@@H]1OCc1ccccc1. The van der Waals surface area contributed by atoms with Gasteiger partial charge in [-0.2, -0.15) is 0 Å². The second-order valence-corrected chi connectivity index (χ2v) is 18.3. The van der Waals surface area contributed by atoms with E-state index in [9.17, 15) is 0 Å². The van der Waals surface area contributed by atoms with Gasteiger partial charge in [-0.25, -0.2) is 0 Å². The van der Waals surface area contributed by atoms with Crippen LogP contribution in [-0.2, 0) is 98.4 Å². The van der Waals surface area contributed by atoms with Crippen LogP contribution < -0.4 is 0 Å². The van der Waals surface area contributed by atoms with E-state index in [1.165, 1.54) is 0 Å². The first-order valence-corrected chi connectivity index (χ1v) is 25.1. The third kappa shape index (κ3) is 14.9. The van der Waals surface area contributed by atoms with E-state index in [4.69, 9.17) is 52.1 Å². The van der Waals surface area contributed by atoms with Gasteiger partial charge in [-0.05, 0) is 38.9 Å². The lowest BCUT2D eigenvalue weighted by Gasteiger charge is -2.46. The first kappa shape index (κ1) is 52.0. The average molecular weight is 987 g/mol. The molecular formula is C62H66O11. The van der Waals surface area contributed by atoms with E-state index >= 15 is 0 Å². The quantitative estimate of drug-likeness (QED) is 0.0492. The maximum atomic E-state index is 7.33. The Kier molecular flexibility index (Phi) is 19.5. The maximum absolute atomic E-state index is 7.33. The van der Waals surface area contributed by atoms with Crippen LogP contribution in [0.2, 0.25) is 0 Å². The Balaban J connectivity index is 1.07. The van der Waals surface area contributed by atoms with Crippen LogP contribution in [0.1, 0.15) is 38.9 Å². The second-order valence-electron chi connectivity index (χ2n) is 18.3. The van der Waals surface area contributed by atoms with Gasteiger partial charge in [-0.3, -0.25) is 0 Å². The molecule has 9 rings (SSSR count). The molecule has 0 aromatic heterocycles. The minimum atomic E-state index is -1.57. The Hall–Kier alpha value is -5.90. The van der Waals surface area contributed by atoms with Crippen LogP contribution >= 0.6 is 0 Å². The van der Waals surface area contributed by atoms with Crippen molar-refractivity contribution in [2.24, 2.45) is 0 Å². The highest BCUT2D eigenvalue weighted by molar-refractivity contribution is 5.19. The summed E-state index contributed by atoms with van der Waals surface area (Å²) in [6.45, 7) is 2.11. The van der Waals surface area contributed by atoms with Crippen molar-refractivity contribution in [3.63, 3.8) is 0 Å². The van der Waals surface area contributed by atoms with Crippen molar-refractivity contribution in [1.29, 1.82) is 0 Å². The number of hydrogen-bond acceptors (Lipinski definition) is 11. The van der Waals surface area contributed by atoms with Gasteiger partial charge >= 0.3 is 0 Å². The molecule has 0 N–H and O–H groups in total. The molecule has 73 heavy (non-hydrogen) atoms. The summed E-state index contributed by atoms with van der Waals surface area (Å²) >= 11 is 0. The van der Waals surface area contributed by atoms with Crippen LogP contribution in [0.4, 0.5) is 0 Å². The minimum absolute atomic E-state index is 0.0333. The van der Waals surface area contributed by atoms with Gasteiger partial charge in [0, 0.05) is 7.11 Å². The van der Waals surface area contributed by atoms with Crippen LogP contribution in [0, 0.1) is 0 Å². The lowest BCUT2D eigenvalue weighted by atomic mass is 9.97. The maximum Gasteiger partial charge on any atom is 0.222 e. The fraction of sp³-hybridized carbons (Fsp3) is 0.323. The fourth-order valence-electron chi connectivity index (χ4n) is 9.23. The fourth-order valence-corrected chi connectivity index (χ4v) is 9.23. The van der Waals surface area contributed by atoms with Gasteiger partial charge in [0.15, 0.2) is 6.29 Å². The van der Waals surface area contributed by atoms with Crippen molar-refractivity contribution in [3.8, 4) is 0 Å². The molecule has 2 aliphatic rings. The van der Waals surface area contributed by atoms with Crippen molar-refractivity contribution in [1.82, 2.24) is 0 Å².